The summed E-state index contributed by atoms with van der Waals surface area (Å²) in [6.07, 6.45) is 2.92. The van der Waals surface area contributed by atoms with Crippen molar-refractivity contribution in [2.75, 3.05) is 24.7 Å². The van der Waals surface area contributed by atoms with E-state index in [9.17, 15) is 13.2 Å². The number of aryl methyl sites for hydroxylation is 2. The summed E-state index contributed by atoms with van der Waals surface area (Å²) in [6.45, 7) is 4.71. The molecule has 0 spiro atoms. The van der Waals surface area contributed by atoms with Crippen LogP contribution < -0.4 is 5.32 Å². The molecule has 2 aromatic rings. The highest BCUT2D eigenvalue weighted by Crippen LogP contribution is 2.30. The first-order valence-corrected chi connectivity index (χ1v) is 12.0. The quantitative estimate of drug-likeness (QED) is 0.744. The summed E-state index contributed by atoms with van der Waals surface area (Å²) in [6, 6.07) is 13.0. The molecule has 1 fully saturated rings. The predicted molar refractivity (Wildman–Crippen MR) is 114 cm³/mol. The molecule has 0 aromatic heterocycles. The molecule has 0 atom stereocenters. The molecule has 0 unspecified atom stereocenters. The molecule has 1 amide bonds. The van der Waals surface area contributed by atoms with Crippen LogP contribution in [0.3, 0.4) is 0 Å². The third-order valence-corrected chi connectivity index (χ3v) is 7.88. The Morgan fingerprint density at radius 1 is 1.07 bits per heavy atom. The van der Waals surface area contributed by atoms with E-state index >= 15 is 0 Å². The van der Waals surface area contributed by atoms with Gasteiger partial charge in [-0.3, -0.25) is 4.79 Å². The molecular weight excluding hydrogens is 392 g/mol. The van der Waals surface area contributed by atoms with Crippen molar-refractivity contribution in [3.63, 3.8) is 0 Å². The summed E-state index contributed by atoms with van der Waals surface area (Å²) in [5.41, 5.74) is 3.00. The molecule has 7 heteroatoms. The smallest absolute Gasteiger partial charge is 0.244 e. The van der Waals surface area contributed by atoms with Crippen LogP contribution in [0.4, 0.5) is 5.69 Å². The van der Waals surface area contributed by atoms with E-state index in [1.807, 2.05) is 44.4 Å². The van der Waals surface area contributed by atoms with E-state index in [0.29, 0.717) is 30.8 Å². The van der Waals surface area contributed by atoms with Gasteiger partial charge in [-0.1, -0.05) is 18.2 Å². The summed E-state index contributed by atoms with van der Waals surface area (Å²) in [5, 5.41) is 2.99. The normalized spacial score (nSPS) is 16.1. The first-order valence-electron chi connectivity index (χ1n) is 9.33. The number of benzene rings is 2. The Balaban J connectivity index is 1.66. The standard InChI is InChI=1S/C21H26N2O3S2/c1-15-12-16(2)14-18(13-15)22-21(24)17-8-10-23(11-9-17)28(25,26)20-7-5-4-6-19(20)27-3/h4-7,12-14,17H,8-11H2,1-3H3,(H,22,24). The summed E-state index contributed by atoms with van der Waals surface area (Å²) < 4.78 is 27.5. The molecule has 1 saturated heterocycles. The Morgan fingerprint density at radius 2 is 1.68 bits per heavy atom. The number of nitrogens with zero attached hydrogens (tertiary/aromatic N) is 1. The number of rotatable bonds is 5. The minimum absolute atomic E-state index is 0.0356. The maximum Gasteiger partial charge on any atom is 0.244 e. The molecular formula is C21H26N2O3S2. The molecule has 5 nitrogen and oxygen atoms in total. The minimum atomic E-state index is -3.54. The predicted octanol–water partition coefficient (Wildman–Crippen LogP) is 4.06. The Labute approximate surface area is 171 Å². The van der Waals surface area contributed by atoms with Gasteiger partial charge in [-0.05, 0) is 68.3 Å². The summed E-state index contributed by atoms with van der Waals surface area (Å²) in [4.78, 5) is 13.7. The van der Waals surface area contributed by atoms with Gasteiger partial charge in [-0.2, -0.15) is 4.31 Å². The van der Waals surface area contributed by atoms with E-state index in [1.165, 1.54) is 16.1 Å². The van der Waals surface area contributed by atoms with Gasteiger partial charge in [0.2, 0.25) is 15.9 Å². The van der Waals surface area contributed by atoms with Crippen LogP contribution in [0.5, 0.6) is 0 Å². The zero-order chi connectivity index (χ0) is 20.3. The van der Waals surface area contributed by atoms with Crippen LogP contribution in [0.2, 0.25) is 0 Å². The molecule has 0 aliphatic carbocycles. The van der Waals surface area contributed by atoms with Crippen molar-refractivity contribution in [3.05, 3.63) is 53.6 Å². The van der Waals surface area contributed by atoms with Crippen LogP contribution >= 0.6 is 11.8 Å². The number of piperidine rings is 1. The number of hydrogen-bond donors (Lipinski definition) is 1. The van der Waals surface area contributed by atoms with Gasteiger partial charge in [-0.15, -0.1) is 11.8 Å². The minimum Gasteiger partial charge on any atom is -0.326 e. The topological polar surface area (TPSA) is 66.5 Å². The number of thioether (sulfide) groups is 1. The zero-order valence-electron chi connectivity index (χ0n) is 16.4. The van der Waals surface area contributed by atoms with Crippen LogP contribution in [-0.4, -0.2) is 38.0 Å². The fraction of sp³-hybridized carbons (Fsp3) is 0.381. The lowest BCUT2D eigenvalue weighted by Crippen LogP contribution is -2.41. The number of hydrogen-bond acceptors (Lipinski definition) is 4. The molecule has 2 aromatic carbocycles. The Morgan fingerprint density at radius 3 is 2.29 bits per heavy atom. The molecule has 3 rings (SSSR count). The van der Waals surface area contributed by atoms with E-state index < -0.39 is 10.0 Å². The second-order valence-electron chi connectivity index (χ2n) is 7.19. The van der Waals surface area contributed by atoms with Gasteiger partial charge in [0.1, 0.15) is 0 Å². The number of nitrogens with one attached hydrogen (secondary N) is 1. The highest BCUT2D eigenvalue weighted by Gasteiger charge is 2.33. The highest BCUT2D eigenvalue weighted by molar-refractivity contribution is 7.99. The van der Waals surface area contributed by atoms with Crippen LogP contribution in [-0.2, 0) is 14.8 Å². The lowest BCUT2D eigenvalue weighted by Gasteiger charge is -2.31. The van der Waals surface area contributed by atoms with Crippen molar-refractivity contribution in [2.24, 2.45) is 5.92 Å². The Bertz CT molecular complexity index is 945. The number of anilines is 1. The van der Waals surface area contributed by atoms with E-state index in [4.69, 9.17) is 0 Å². The van der Waals surface area contributed by atoms with Crippen molar-refractivity contribution >= 4 is 33.4 Å². The van der Waals surface area contributed by atoms with Crippen molar-refractivity contribution in [1.29, 1.82) is 0 Å². The number of carbonyl (C=O) groups is 1. The lowest BCUT2D eigenvalue weighted by atomic mass is 9.97. The Kier molecular flexibility index (Phi) is 6.47. The lowest BCUT2D eigenvalue weighted by molar-refractivity contribution is -0.120. The van der Waals surface area contributed by atoms with Crippen LogP contribution in [0.1, 0.15) is 24.0 Å². The van der Waals surface area contributed by atoms with Crippen molar-refractivity contribution in [3.8, 4) is 0 Å². The largest absolute Gasteiger partial charge is 0.326 e. The second kappa shape index (κ2) is 8.68. The number of sulfonamides is 1. The molecule has 1 heterocycles. The molecule has 0 saturated carbocycles. The van der Waals surface area contributed by atoms with Gasteiger partial charge in [0.15, 0.2) is 0 Å². The zero-order valence-corrected chi connectivity index (χ0v) is 18.1. The molecule has 0 radical (unpaired) electrons. The average molecular weight is 419 g/mol. The summed E-state index contributed by atoms with van der Waals surface area (Å²) in [5.74, 6) is -0.213. The van der Waals surface area contributed by atoms with Crippen molar-refractivity contribution in [2.45, 2.75) is 36.5 Å². The molecule has 28 heavy (non-hydrogen) atoms. The maximum absolute atomic E-state index is 13.0. The number of amides is 1. The summed E-state index contributed by atoms with van der Waals surface area (Å²) >= 11 is 1.43. The SMILES string of the molecule is CSc1ccccc1S(=O)(=O)N1CCC(C(=O)Nc2cc(C)cc(C)c2)CC1. The number of carbonyl (C=O) groups excluding carboxylic acids is 1. The van der Waals surface area contributed by atoms with E-state index in [2.05, 4.69) is 11.4 Å². The van der Waals surface area contributed by atoms with Gasteiger partial charge in [-0.25, -0.2) is 8.42 Å². The third kappa shape index (κ3) is 4.59. The van der Waals surface area contributed by atoms with E-state index in [1.54, 1.807) is 12.1 Å². The van der Waals surface area contributed by atoms with Crippen LogP contribution in [0.15, 0.2) is 52.3 Å². The maximum atomic E-state index is 13.0. The van der Waals surface area contributed by atoms with Gasteiger partial charge >= 0.3 is 0 Å². The highest BCUT2D eigenvalue weighted by atomic mass is 32.2. The van der Waals surface area contributed by atoms with Gasteiger partial charge < -0.3 is 5.32 Å². The summed E-state index contributed by atoms with van der Waals surface area (Å²) in [7, 11) is -3.54. The van der Waals surface area contributed by atoms with Gasteiger partial charge in [0, 0.05) is 29.6 Å². The molecule has 1 aliphatic heterocycles. The second-order valence-corrected chi connectivity index (χ2v) is 9.95. The van der Waals surface area contributed by atoms with Gasteiger partial charge in [0.05, 0.1) is 4.90 Å². The molecule has 1 aliphatic rings. The third-order valence-electron chi connectivity index (χ3n) is 5.00. The van der Waals surface area contributed by atoms with Gasteiger partial charge in [0.25, 0.3) is 0 Å². The fourth-order valence-corrected chi connectivity index (χ4v) is 6.21. The van der Waals surface area contributed by atoms with Crippen LogP contribution in [0, 0.1) is 19.8 Å². The molecule has 1 N–H and O–H groups in total. The Hall–Kier alpha value is -1.83. The molecule has 0 bridgehead atoms. The first kappa shape index (κ1) is 20.9. The van der Waals surface area contributed by atoms with Crippen LogP contribution in [0.25, 0.3) is 0 Å². The van der Waals surface area contributed by atoms with Crippen molar-refractivity contribution < 1.29 is 13.2 Å². The van der Waals surface area contributed by atoms with Crippen molar-refractivity contribution in [1.82, 2.24) is 4.31 Å². The molecule has 150 valence electrons. The average Bonchev–Trinajstić information content (AvgIpc) is 2.67. The van der Waals surface area contributed by atoms with E-state index in [-0.39, 0.29) is 11.8 Å². The fourth-order valence-electron chi connectivity index (χ4n) is 3.62. The first-order chi connectivity index (χ1) is 13.3. The van der Waals surface area contributed by atoms with E-state index in [0.717, 1.165) is 21.7 Å². The monoisotopic (exact) mass is 418 g/mol.